The molecule has 0 aromatic rings. The van der Waals surface area contributed by atoms with Crippen LogP contribution in [0.15, 0.2) is 25.3 Å². The molecule has 3 N–H and O–H groups in total. The summed E-state index contributed by atoms with van der Waals surface area (Å²) in [5.41, 5.74) is -1.12. The Bertz CT molecular complexity index is 678. The maximum atomic E-state index is 13.2. The van der Waals surface area contributed by atoms with Gasteiger partial charge >= 0.3 is 5.97 Å². The van der Waals surface area contributed by atoms with Crippen LogP contribution in [0.5, 0.6) is 0 Å². The number of unbranched alkanes of at least 4 members (excludes halogenated alkanes) is 2. The van der Waals surface area contributed by atoms with Gasteiger partial charge in [0.15, 0.2) is 0 Å². The van der Waals surface area contributed by atoms with Gasteiger partial charge in [-0.25, -0.2) is 0 Å². The third kappa shape index (κ3) is 8.61. The zero-order valence-electron chi connectivity index (χ0n) is 20.0. The van der Waals surface area contributed by atoms with Gasteiger partial charge in [-0.15, -0.1) is 13.2 Å². The van der Waals surface area contributed by atoms with Crippen molar-refractivity contribution in [1.29, 1.82) is 0 Å². The number of aliphatic hydroxyl groups excluding tert-OH is 1. The number of carbonyl (C=O) groups is 3. The molecule has 0 heterocycles. The lowest BCUT2D eigenvalue weighted by molar-refractivity contribution is -0.147. The van der Waals surface area contributed by atoms with Crippen molar-refractivity contribution in [3.8, 4) is 0 Å². The lowest BCUT2D eigenvalue weighted by Crippen LogP contribution is -2.53. The Kier molecular flexibility index (Phi) is 11.1. The van der Waals surface area contributed by atoms with Crippen LogP contribution >= 0.6 is 0 Å². The van der Waals surface area contributed by atoms with Crippen molar-refractivity contribution in [2.75, 3.05) is 13.2 Å². The number of aliphatic hydroxyl groups is 1. The fourth-order valence-corrected chi connectivity index (χ4v) is 5.00. The van der Waals surface area contributed by atoms with Gasteiger partial charge < -0.3 is 20.5 Å². The van der Waals surface area contributed by atoms with Crippen molar-refractivity contribution in [1.82, 2.24) is 10.6 Å². The second-order valence-electron chi connectivity index (χ2n) is 9.79. The maximum absolute atomic E-state index is 13.2. The van der Waals surface area contributed by atoms with E-state index in [9.17, 15) is 19.5 Å². The number of amides is 2. The first-order valence-corrected chi connectivity index (χ1v) is 12.5. The molecule has 0 unspecified atom stereocenters. The highest BCUT2D eigenvalue weighted by Crippen LogP contribution is 2.32. The Hall–Kier alpha value is -2.15. The summed E-state index contributed by atoms with van der Waals surface area (Å²) < 4.78 is 5.54. The van der Waals surface area contributed by atoms with Crippen molar-refractivity contribution >= 4 is 17.8 Å². The van der Waals surface area contributed by atoms with Crippen molar-refractivity contribution in [2.24, 2.45) is 5.92 Å². The summed E-state index contributed by atoms with van der Waals surface area (Å²) in [6.07, 6.45) is 13.7. The summed E-state index contributed by atoms with van der Waals surface area (Å²) in [6.45, 7) is 7.51. The molecule has 2 saturated carbocycles. The van der Waals surface area contributed by atoms with E-state index in [-0.39, 0.29) is 37.4 Å². The topological polar surface area (TPSA) is 105 Å². The molecule has 0 aromatic heterocycles. The molecule has 2 rings (SSSR count). The first-order chi connectivity index (χ1) is 15.9. The van der Waals surface area contributed by atoms with Crippen molar-refractivity contribution in [3.63, 3.8) is 0 Å². The zero-order chi connectivity index (χ0) is 24.2. The van der Waals surface area contributed by atoms with Crippen LogP contribution < -0.4 is 10.6 Å². The van der Waals surface area contributed by atoms with E-state index in [1.54, 1.807) is 6.08 Å². The molecule has 0 saturated heterocycles. The van der Waals surface area contributed by atoms with Gasteiger partial charge in [-0.1, -0.05) is 37.8 Å². The third-order valence-corrected chi connectivity index (χ3v) is 7.02. The standard InChI is InChI=1S/C26H42N2O5/c1-3-5-6-7-13-23(31)33-20-26(16-10-11-17-26)28-24(32)21(12-4-2)18-22(30)27-25(19-29)14-8-9-15-25/h3-4,21,29H,1-2,5-20H2,(H,27,30)(H,28,32)/t21-/m1/s1. The largest absolute Gasteiger partial charge is 0.463 e. The van der Waals surface area contributed by atoms with Crippen LogP contribution in [0.3, 0.4) is 0 Å². The highest BCUT2D eigenvalue weighted by Gasteiger charge is 2.39. The average molecular weight is 463 g/mol. The second kappa shape index (κ2) is 13.5. The van der Waals surface area contributed by atoms with Crippen LogP contribution in [0.25, 0.3) is 0 Å². The van der Waals surface area contributed by atoms with E-state index in [2.05, 4.69) is 23.8 Å². The third-order valence-electron chi connectivity index (χ3n) is 7.02. The molecule has 0 spiro atoms. The minimum absolute atomic E-state index is 0.0405. The summed E-state index contributed by atoms with van der Waals surface area (Å²) in [7, 11) is 0. The quantitative estimate of drug-likeness (QED) is 0.195. The second-order valence-corrected chi connectivity index (χ2v) is 9.79. The molecule has 2 aliphatic rings. The number of rotatable bonds is 15. The number of ether oxygens (including phenoxy) is 1. The Balaban J connectivity index is 1.92. The molecule has 2 amide bonds. The van der Waals surface area contributed by atoms with Crippen LogP contribution in [0, 0.1) is 5.92 Å². The van der Waals surface area contributed by atoms with Gasteiger partial charge in [-0.05, 0) is 51.4 Å². The molecule has 33 heavy (non-hydrogen) atoms. The number of hydrogen-bond acceptors (Lipinski definition) is 5. The highest BCUT2D eigenvalue weighted by molar-refractivity contribution is 5.86. The molecule has 0 bridgehead atoms. The fraction of sp³-hybridized carbons (Fsp3) is 0.731. The fourth-order valence-electron chi connectivity index (χ4n) is 5.00. The SMILES string of the molecule is C=CCCCCC(=O)OCC1(NC(=O)[C@H](CC=C)CC(=O)NC2(CO)CCCC2)CCCC1. The van der Waals surface area contributed by atoms with Crippen LogP contribution in [0.1, 0.15) is 89.9 Å². The molecule has 2 fully saturated rings. The van der Waals surface area contributed by atoms with Crippen LogP contribution in [-0.2, 0) is 19.1 Å². The van der Waals surface area contributed by atoms with Crippen molar-refractivity contribution in [2.45, 2.75) is 101 Å². The molecule has 7 heteroatoms. The van der Waals surface area contributed by atoms with Crippen LogP contribution in [0.4, 0.5) is 0 Å². The summed E-state index contributed by atoms with van der Waals surface area (Å²) >= 11 is 0. The molecular formula is C26H42N2O5. The monoisotopic (exact) mass is 462 g/mol. The van der Waals surface area contributed by atoms with E-state index >= 15 is 0 Å². The molecule has 186 valence electrons. The number of hydrogen-bond donors (Lipinski definition) is 3. The summed E-state index contributed by atoms with van der Waals surface area (Å²) in [4.78, 5) is 38.0. The molecule has 1 atom stereocenters. The van der Waals surface area contributed by atoms with E-state index in [1.807, 2.05) is 6.08 Å². The maximum Gasteiger partial charge on any atom is 0.305 e. The van der Waals surface area contributed by atoms with Crippen LogP contribution in [0.2, 0.25) is 0 Å². The molecule has 0 aliphatic heterocycles. The number of allylic oxidation sites excluding steroid dienone is 2. The lowest BCUT2D eigenvalue weighted by atomic mass is 9.93. The summed E-state index contributed by atoms with van der Waals surface area (Å²) in [5, 5.41) is 15.9. The number of esters is 1. The Morgan fingerprint density at radius 1 is 0.939 bits per heavy atom. The predicted octanol–water partition coefficient (Wildman–Crippen LogP) is 3.71. The van der Waals surface area contributed by atoms with E-state index in [0.717, 1.165) is 70.6 Å². The lowest BCUT2D eigenvalue weighted by Gasteiger charge is -2.32. The molecular weight excluding hydrogens is 420 g/mol. The minimum atomic E-state index is -0.568. The van der Waals surface area contributed by atoms with Gasteiger partial charge in [0.05, 0.1) is 23.6 Å². The van der Waals surface area contributed by atoms with Crippen LogP contribution in [-0.4, -0.2) is 47.2 Å². The van der Waals surface area contributed by atoms with Gasteiger partial charge in [0.1, 0.15) is 6.61 Å². The van der Waals surface area contributed by atoms with Gasteiger partial charge in [0.25, 0.3) is 0 Å². The summed E-state index contributed by atoms with van der Waals surface area (Å²) in [5.74, 6) is -1.22. The normalized spacial score (nSPS) is 19.4. The van der Waals surface area contributed by atoms with E-state index in [4.69, 9.17) is 4.74 Å². The van der Waals surface area contributed by atoms with E-state index in [0.29, 0.717) is 12.8 Å². The zero-order valence-corrected chi connectivity index (χ0v) is 20.0. The van der Waals surface area contributed by atoms with Gasteiger partial charge in [-0.2, -0.15) is 0 Å². The first-order valence-electron chi connectivity index (χ1n) is 12.5. The van der Waals surface area contributed by atoms with Gasteiger partial charge in [0.2, 0.25) is 11.8 Å². The molecule has 7 nitrogen and oxygen atoms in total. The highest BCUT2D eigenvalue weighted by atomic mass is 16.5. The van der Waals surface area contributed by atoms with Crippen molar-refractivity contribution in [3.05, 3.63) is 25.3 Å². The average Bonchev–Trinajstić information content (AvgIpc) is 3.45. The summed E-state index contributed by atoms with van der Waals surface area (Å²) in [6, 6.07) is 0. The van der Waals surface area contributed by atoms with E-state index in [1.165, 1.54) is 0 Å². The Labute approximate surface area is 198 Å². The first kappa shape index (κ1) is 27.1. The molecule has 2 aliphatic carbocycles. The minimum Gasteiger partial charge on any atom is -0.463 e. The van der Waals surface area contributed by atoms with E-state index < -0.39 is 17.0 Å². The smallest absolute Gasteiger partial charge is 0.305 e. The van der Waals surface area contributed by atoms with Gasteiger partial charge in [0, 0.05) is 12.8 Å². The predicted molar refractivity (Wildman–Crippen MR) is 128 cm³/mol. The molecule has 0 radical (unpaired) electrons. The number of nitrogens with one attached hydrogen (secondary N) is 2. The molecule has 0 aromatic carbocycles. The number of carbonyl (C=O) groups excluding carboxylic acids is 3. The van der Waals surface area contributed by atoms with Gasteiger partial charge in [-0.3, -0.25) is 14.4 Å². The van der Waals surface area contributed by atoms with Crippen molar-refractivity contribution < 1.29 is 24.2 Å². The Morgan fingerprint density at radius 3 is 2.15 bits per heavy atom. The Morgan fingerprint density at radius 2 is 1.58 bits per heavy atom.